The number of pyridine rings is 1. The molecule has 1 amide bonds. The van der Waals surface area contributed by atoms with Crippen LogP contribution in [0.15, 0.2) is 33.6 Å². The molecule has 2 aromatic rings. The van der Waals surface area contributed by atoms with E-state index in [0.29, 0.717) is 11.4 Å². The van der Waals surface area contributed by atoms with Gasteiger partial charge in [0.25, 0.3) is 5.91 Å². The van der Waals surface area contributed by atoms with E-state index in [9.17, 15) is 4.79 Å². The zero-order valence-electron chi connectivity index (χ0n) is 11.4. The molecule has 2 rings (SSSR count). The number of hydrogen-bond acceptors (Lipinski definition) is 2. The minimum absolute atomic E-state index is 0.145. The van der Waals surface area contributed by atoms with Gasteiger partial charge in [-0.3, -0.25) is 4.79 Å². The van der Waals surface area contributed by atoms with Crippen LogP contribution in [0.5, 0.6) is 0 Å². The van der Waals surface area contributed by atoms with Gasteiger partial charge in [-0.2, -0.15) is 0 Å². The first-order valence-electron chi connectivity index (χ1n) is 6.19. The summed E-state index contributed by atoms with van der Waals surface area (Å²) >= 11 is 6.75. The molecule has 6 heteroatoms. The van der Waals surface area contributed by atoms with Gasteiger partial charge in [-0.05, 0) is 70.3 Å². The topological polar surface area (TPSA) is 46.9 Å². The van der Waals surface area contributed by atoms with Gasteiger partial charge in [0.05, 0.1) is 11.9 Å². The lowest BCUT2D eigenvalue weighted by Crippen LogP contribution is -2.18. The van der Waals surface area contributed by atoms with Crippen LogP contribution in [-0.2, 0) is 0 Å². The summed E-state index contributed by atoms with van der Waals surface area (Å²) in [6, 6.07) is 3.91. The molecule has 0 bridgehead atoms. The minimum atomic E-state index is -0.145. The maximum absolute atomic E-state index is 12.4. The Hall–Kier alpha value is -1.14. The van der Waals surface area contributed by atoms with Gasteiger partial charge in [0.1, 0.15) is 10.3 Å². The van der Waals surface area contributed by atoms with Crippen LogP contribution in [0.2, 0.25) is 0 Å². The van der Waals surface area contributed by atoms with Crippen LogP contribution >= 0.6 is 31.9 Å². The second kappa shape index (κ2) is 6.10. The summed E-state index contributed by atoms with van der Waals surface area (Å²) in [5.41, 5.74) is 2.28. The smallest absolute Gasteiger partial charge is 0.272 e. The van der Waals surface area contributed by atoms with Crippen molar-refractivity contribution in [2.45, 2.75) is 26.8 Å². The molecule has 4 nitrogen and oxygen atoms in total. The van der Waals surface area contributed by atoms with Crippen LogP contribution in [-0.4, -0.2) is 15.5 Å². The molecule has 106 valence electrons. The molecule has 0 aliphatic carbocycles. The van der Waals surface area contributed by atoms with Crippen LogP contribution in [0, 0.1) is 6.92 Å². The van der Waals surface area contributed by atoms with Gasteiger partial charge in [-0.1, -0.05) is 0 Å². The first-order valence-corrected chi connectivity index (χ1v) is 7.78. The molecule has 0 aromatic carbocycles. The first-order chi connectivity index (χ1) is 9.38. The Kier molecular flexibility index (Phi) is 4.65. The maximum Gasteiger partial charge on any atom is 0.272 e. The molecular formula is C14H15Br2N3O. The highest BCUT2D eigenvalue weighted by Gasteiger charge is 2.15. The lowest BCUT2D eigenvalue weighted by atomic mass is 10.3. The zero-order valence-corrected chi connectivity index (χ0v) is 14.6. The van der Waals surface area contributed by atoms with Crippen molar-refractivity contribution in [3.05, 3.63) is 44.9 Å². The number of anilines is 1. The largest absolute Gasteiger partial charge is 0.340 e. The van der Waals surface area contributed by atoms with Crippen molar-refractivity contribution < 1.29 is 4.79 Å². The number of aryl methyl sites for hydroxylation is 1. The highest BCUT2D eigenvalue weighted by atomic mass is 79.9. The average Bonchev–Trinajstić information content (AvgIpc) is 2.76. The van der Waals surface area contributed by atoms with Crippen molar-refractivity contribution in [1.29, 1.82) is 0 Å². The fourth-order valence-corrected chi connectivity index (χ4v) is 2.53. The fourth-order valence-electron chi connectivity index (χ4n) is 1.88. The van der Waals surface area contributed by atoms with E-state index >= 15 is 0 Å². The number of aromatic nitrogens is 2. The van der Waals surface area contributed by atoms with E-state index in [1.54, 1.807) is 6.20 Å². The number of carbonyl (C=O) groups excluding carboxylic acids is 1. The summed E-state index contributed by atoms with van der Waals surface area (Å²) in [5.74, 6) is -0.145. The third-order valence-corrected chi connectivity index (χ3v) is 4.14. The summed E-state index contributed by atoms with van der Waals surface area (Å²) in [4.78, 5) is 16.5. The lowest BCUT2D eigenvalue weighted by molar-refractivity contribution is 0.101. The Labute approximate surface area is 134 Å². The molecule has 0 aliphatic heterocycles. The SMILES string of the molecule is Cc1cc(NC(=O)c2cc(Br)cn2C(C)C)cnc1Br. The van der Waals surface area contributed by atoms with Crippen LogP contribution in [0.25, 0.3) is 0 Å². The van der Waals surface area contributed by atoms with Gasteiger partial charge in [-0.25, -0.2) is 4.98 Å². The number of amides is 1. The number of nitrogens with one attached hydrogen (secondary N) is 1. The highest BCUT2D eigenvalue weighted by Crippen LogP contribution is 2.21. The number of carbonyl (C=O) groups is 1. The van der Waals surface area contributed by atoms with Crippen LogP contribution < -0.4 is 5.32 Å². The van der Waals surface area contributed by atoms with Crippen molar-refractivity contribution in [3.8, 4) is 0 Å². The van der Waals surface area contributed by atoms with Gasteiger partial charge < -0.3 is 9.88 Å². The molecular weight excluding hydrogens is 386 g/mol. The first kappa shape index (κ1) is 15.3. The maximum atomic E-state index is 12.4. The Morgan fingerprint density at radius 3 is 2.65 bits per heavy atom. The van der Waals surface area contributed by atoms with Gasteiger partial charge in [0.2, 0.25) is 0 Å². The van der Waals surface area contributed by atoms with Gasteiger partial charge in [-0.15, -0.1) is 0 Å². The standard InChI is InChI=1S/C14H15Br2N3O/c1-8(2)19-7-10(15)5-12(19)14(20)18-11-4-9(3)13(16)17-6-11/h4-8H,1-3H3,(H,18,20). The Balaban J connectivity index is 2.26. The van der Waals surface area contributed by atoms with Gasteiger partial charge in [0, 0.05) is 16.7 Å². The Morgan fingerprint density at radius 1 is 1.35 bits per heavy atom. The summed E-state index contributed by atoms with van der Waals surface area (Å²) in [7, 11) is 0. The van der Waals surface area contributed by atoms with E-state index in [2.05, 4.69) is 42.2 Å². The summed E-state index contributed by atoms with van der Waals surface area (Å²) in [6.07, 6.45) is 3.54. The molecule has 0 saturated carbocycles. The molecule has 0 spiro atoms. The van der Waals surface area contributed by atoms with E-state index in [1.165, 1.54) is 0 Å². The quantitative estimate of drug-likeness (QED) is 0.768. The van der Waals surface area contributed by atoms with Crippen LogP contribution in [0.3, 0.4) is 0 Å². The van der Waals surface area contributed by atoms with Crippen molar-refractivity contribution in [3.63, 3.8) is 0 Å². The second-order valence-corrected chi connectivity index (χ2v) is 6.50. The molecule has 2 heterocycles. The van der Waals surface area contributed by atoms with Crippen LogP contribution in [0.1, 0.15) is 35.9 Å². The number of halogens is 2. The van der Waals surface area contributed by atoms with Crippen molar-refractivity contribution in [2.75, 3.05) is 5.32 Å². The molecule has 0 saturated heterocycles. The van der Waals surface area contributed by atoms with Crippen molar-refractivity contribution >= 4 is 43.5 Å². The molecule has 20 heavy (non-hydrogen) atoms. The average molecular weight is 401 g/mol. The molecule has 0 fully saturated rings. The lowest BCUT2D eigenvalue weighted by Gasteiger charge is -2.13. The van der Waals surface area contributed by atoms with E-state index in [0.717, 1.165) is 14.6 Å². The summed E-state index contributed by atoms with van der Waals surface area (Å²) in [6.45, 7) is 6.00. The van der Waals surface area contributed by atoms with E-state index < -0.39 is 0 Å². The Bertz CT molecular complexity index is 650. The molecule has 2 aromatic heterocycles. The van der Waals surface area contributed by atoms with Gasteiger partial charge in [0.15, 0.2) is 0 Å². The molecule has 0 unspecified atom stereocenters. The molecule has 0 atom stereocenters. The zero-order chi connectivity index (χ0) is 14.9. The number of rotatable bonds is 3. The third-order valence-electron chi connectivity index (χ3n) is 2.88. The third kappa shape index (κ3) is 3.30. The minimum Gasteiger partial charge on any atom is -0.340 e. The van der Waals surface area contributed by atoms with E-state index in [-0.39, 0.29) is 11.9 Å². The molecule has 1 N–H and O–H groups in total. The second-order valence-electron chi connectivity index (χ2n) is 4.83. The van der Waals surface area contributed by atoms with E-state index in [4.69, 9.17) is 0 Å². The molecule has 0 aliphatic rings. The summed E-state index contributed by atoms with van der Waals surface area (Å²) in [5, 5.41) is 2.87. The van der Waals surface area contributed by atoms with Gasteiger partial charge >= 0.3 is 0 Å². The Morgan fingerprint density at radius 2 is 2.05 bits per heavy atom. The predicted molar refractivity (Wildman–Crippen MR) is 87.1 cm³/mol. The number of hydrogen-bond donors (Lipinski definition) is 1. The number of nitrogens with zero attached hydrogens (tertiary/aromatic N) is 2. The van der Waals surface area contributed by atoms with Crippen molar-refractivity contribution in [2.24, 2.45) is 0 Å². The normalized spacial score (nSPS) is 10.9. The van der Waals surface area contributed by atoms with Crippen molar-refractivity contribution in [1.82, 2.24) is 9.55 Å². The monoisotopic (exact) mass is 399 g/mol. The fraction of sp³-hybridized carbons (Fsp3) is 0.286. The van der Waals surface area contributed by atoms with Crippen LogP contribution in [0.4, 0.5) is 5.69 Å². The molecule has 0 radical (unpaired) electrons. The predicted octanol–water partition coefficient (Wildman–Crippen LogP) is 4.55. The summed E-state index contributed by atoms with van der Waals surface area (Å²) < 4.78 is 3.60. The van der Waals surface area contributed by atoms with E-state index in [1.807, 2.05) is 43.7 Å². The highest BCUT2D eigenvalue weighted by molar-refractivity contribution is 9.10.